The van der Waals surface area contributed by atoms with Gasteiger partial charge < -0.3 is 15.4 Å². The van der Waals surface area contributed by atoms with Crippen LogP contribution in [0.4, 0.5) is 0 Å². The molecule has 2 amide bonds. The first-order valence-electron chi connectivity index (χ1n) is 16.9. The Hall–Kier alpha value is -3.14. The summed E-state index contributed by atoms with van der Waals surface area (Å²) in [7, 11) is -8.35. The number of fused-ring (bicyclic) bond motifs is 1. The molecule has 51 heavy (non-hydrogen) atoms. The van der Waals surface area contributed by atoms with E-state index in [2.05, 4.69) is 29.2 Å². The minimum atomic E-state index is -4.33. The summed E-state index contributed by atoms with van der Waals surface area (Å²) in [6, 6.07) is 18.1. The van der Waals surface area contributed by atoms with Gasteiger partial charge in [-0.05, 0) is 60.4 Å². The third kappa shape index (κ3) is 11.2. The number of halogens is 1. The predicted octanol–water partition coefficient (Wildman–Crippen LogP) is 6.24. The number of ether oxygens (including phenoxy) is 1. The van der Waals surface area contributed by atoms with Crippen LogP contribution in [0.2, 0.25) is 5.02 Å². The van der Waals surface area contributed by atoms with E-state index < -0.39 is 55.9 Å². The van der Waals surface area contributed by atoms with Crippen LogP contribution >= 0.6 is 23.4 Å². The molecule has 0 saturated heterocycles. The number of sulfonamides is 1. The molecule has 11 nitrogen and oxygen atoms in total. The highest BCUT2D eigenvalue weighted by atomic mass is 35.5. The lowest BCUT2D eigenvalue weighted by Crippen LogP contribution is -2.48. The van der Waals surface area contributed by atoms with E-state index in [1.807, 2.05) is 42.7 Å². The molecule has 3 aromatic rings. The Morgan fingerprint density at radius 2 is 1.71 bits per heavy atom. The molecule has 4 N–H and O–H groups in total. The lowest BCUT2D eigenvalue weighted by atomic mass is 9.75. The van der Waals surface area contributed by atoms with E-state index in [9.17, 15) is 26.4 Å². The Balaban J connectivity index is 1.66. The van der Waals surface area contributed by atoms with Crippen molar-refractivity contribution in [1.82, 2.24) is 15.4 Å². The lowest BCUT2D eigenvalue weighted by molar-refractivity contribution is -0.130. The number of benzene rings is 3. The molecule has 0 aromatic heterocycles. The highest BCUT2D eigenvalue weighted by molar-refractivity contribution is 7.98. The standard InChI is InChI=1S/C36H46ClN3O8S3/c1-4-6-17-36(18-7-5-2)23-29(25-11-9-8-10-12-25)28-21-31(49-3)30(22-32(28)51(46,47)40-36)48-24-33(41)39-34(26-13-15-27(37)16-14-26)35(42)38-19-20-50(43,44)45/h8-16,21-22,29,34,40H,4-7,17-20,23-24H2,1-3H3,(H,38,42)(H,39,41)(H,43,44,45)/t29?,34-/m1/s1. The van der Waals surface area contributed by atoms with Crippen molar-refractivity contribution in [1.29, 1.82) is 0 Å². The van der Waals surface area contributed by atoms with Crippen LogP contribution in [0.1, 0.15) is 87.4 Å². The summed E-state index contributed by atoms with van der Waals surface area (Å²) in [5.74, 6) is -2.14. The topological polar surface area (TPSA) is 168 Å². The normalized spacial score (nSPS) is 17.1. The fraction of sp³-hybridized carbons (Fsp3) is 0.444. The summed E-state index contributed by atoms with van der Waals surface area (Å²) in [6.45, 7) is 3.26. The van der Waals surface area contributed by atoms with Crippen LogP contribution in [-0.4, -0.2) is 63.9 Å². The van der Waals surface area contributed by atoms with Gasteiger partial charge in [-0.2, -0.15) is 8.42 Å². The second-order valence-electron chi connectivity index (χ2n) is 12.7. The number of amides is 2. The van der Waals surface area contributed by atoms with Crippen LogP contribution in [0.5, 0.6) is 5.75 Å². The molecule has 0 radical (unpaired) electrons. The van der Waals surface area contributed by atoms with E-state index in [-0.39, 0.29) is 23.1 Å². The van der Waals surface area contributed by atoms with Crippen molar-refractivity contribution < 1.29 is 35.7 Å². The van der Waals surface area contributed by atoms with Gasteiger partial charge in [-0.15, -0.1) is 11.8 Å². The van der Waals surface area contributed by atoms with Gasteiger partial charge >= 0.3 is 0 Å². The van der Waals surface area contributed by atoms with E-state index in [0.717, 1.165) is 31.2 Å². The minimum absolute atomic E-state index is 0.0942. The number of unbranched alkanes of at least 4 members (excludes halogenated alkanes) is 2. The van der Waals surface area contributed by atoms with Crippen LogP contribution in [0, 0.1) is 0 Å². The summed E-state index contributed by atoms with van der Waals surface area (Å²) in [5.41, 5.74) is 1.39. The van der Waals surface area contributed by atoms with Gasteiger partial charge in [0, 0.05) is 34.0 Å². The minimum Gasteiger partial charge on any atom is -0.483 e. The van der Waals surface area contributed by atoms with Gasteiger partial charge in [0.2, 0.25) is 15.9 Å². The van der Waals surface area contributed by atoms with Crippen molar-refractivity contribution >= 4 is 55.3 Å². The van der Waals surface area contributed by atoms with Crippen LogP contribution in [0.25, 0.3) is 0 Å². The highest BCUT2D eigenvalue weighted by Crippen LogP contribution is 2.46. The zero-order chi connectivity index (χ0) is 37.2. The SMILES string of the molecule is CCCCC1(CCCC)CC(c2ccccc2)c2cc(SC)c(OCC(=O)N[C@@H](C(=O)NCCS(=O)(=O)O)c3ccc(Cl)cc3)cc2S(=O)(=O)N1. The fourth-order valence-electron chi connectivity index (χ4n) is 6.37. The molecule has 2 atom stereocenters. The number of thioether (sulfide) groups is 1. The Labute approximate surface area is 310 Å². The molecule has 3 aromatic carbocycles. The van der Waals surface area contributed by atoms with Crippen molar-refractivity contribution in [2.45, 2.75) is 86.1 Å². The average Bonchev–Trinajstić information content (AvgIpc) is 3.19. The lowest BCUT2D eigenvalue weighted by Gasteiger charge is -2.35. The van der Waals surface area contributed by atoms with Crippen molar-refractivity contribution in [2.75, 3.05) is 25.2 Å². The number of carbonyl (C=O) groups excluding carboxylic acids is 2. The van der Waals surface area contributed by atoms with Gasteiger partial charge in [0.05, 0.1) is 10.6 Å². The maximum Gasteiger partial charge on any atom is 0.266 e. The fourth-order valence-corrected chi connectivity index (χ4v) is 9.16. The van der Waals surface area contributed by atoms with Gasteiger partial charge in [-0.1, -0.05) is 93.6 Å². The molecule has 1 heterocycles. The summed E-state index contributed by atoms with van der Waals surface area (Å²) in [4.78, 5) is 27.1. The Morgan fingerprint density at radius 3 is 2.29 bits per heavy atom. The van der Waals surface area contributed by atoms with Gasteiger partial charge in [0.1, 0.15) is 11.8 Å². The monoisotopic (exact) mass is 779 g/mol. The van der Waals surface area contributed by atoms with E-state index in [0.29, 0.717) is 40.3 Å². The molecule has 278 valence electrons. The summed E-state index contributed by atoms with van der Waals surface area (Å²) in [5, 5.41) is 5.41. The van der Waals surface area contributed by atoms with Crippen LogP contribution in [0.3, 0.4) is 0 Å². The van der Waals surface area contributed by atoms with Gasteiger partial charge in [0.25, 0.3) is 16.0 Å². The molecule has 0 fully saturated rings. The van der Waals surface area contributed by atoms with Crippen molar-refractivity contribution in [2.24, 2.45) is 0 Å². The predicted molar refractivity (Wildman–Crippen MR) is 200 cm³/mol. The average molecular weight is 780 g/mol. The van der Waals surface area contributed by atoms with Gasteiger partial charge in [0.15, 0.2) is 6.61 Å². The third-order valence-electron chi connectivity index (χ3n) is 8.92. The van der Waals surface area contributed by atoms with Gasteiger partial charge in [-0.3, -0.25) is 14.1 Å². The molecule has 0 spiro atoms. The van der Waals surface area contributed by atoms with Crippen molar-refractivity contribution in [3.63, 3.8) is 0 Å². The van der Waals surface area contributed by atoms with Crippen molar-refractivity contribution in [3.05, 3.63) is 88.4 Å². The maximum absolute atomic E-state index is 14.3. The zero-order valence-electron chi connectivity index (χ0n) is 29.0. The smallest absolute Gasteiger partial charge is 0.266 e. The van der Waals surface area contributed by atoms with E-state index in [4.69, 9.17) is 20.9 Å². The first-order valence-corrected chi connectivity index (χ1v) is 21.6. The number of hydrogen-bond donors (Lipinski definition) is 4. The Bertz CT molecular complexity index is 1870. The van der Waals surface area contributed by atoms with E-state index in [1.165, 1.54) is 42.1 Å². The molecular weight excluding hydrogens is 734 g/mol. The first-order chi connectivity index (χ1) is 24.2. The number of rotatable bonds is 17. The van der Waals surface area contributed by atoms with E-state index in [1.54, 1.807) is 0 Å². The van der Waals surface area contributed by atoms with Gasteiger partial charge in [-0.25, -0.2) is 13.1 Å². The largest absolute Gasteiger partial charge is 0.483 e. The molecule has 1 aliphatic heterocycles. The number of carbonyl (C=O) groups is 2. The number of nitrogens with one attached hydrogen (secondary N) is 3. The van der Waals surface area contributed by atoms with Crippen LogP contribution < -0.4 is 20.1 Å². The van der Waals surface area contributed by atoms with E-state index >= 15 is 0 Å². The Morgan fingerprint density at radius 1 is 1.06 bits per heavy atom. The molecule has 15 heteroatoms. The zero-order valence-corrected chi connectivity index (χ0v) is 32.2. The Kier molecular flexibility index (Phi) is 14.4. The molecule has 0 bridgehead atoms. The molecule has 1 aliphatic rings. The molecule has 1 unspecified atom stereocenters. The second kappa shape index (κ2) is 18.1. The third-order valence-corrected chi connectivity index (χ3v) is 12.3. The summed E-state index contributed by atoms with van der Waals surface area (Å²) < 4.78 is 69.1. The molecule has 4 rings (SSSR count). The summed E-state index contributed by atoms with van der Waals surface area (Å²) in [6.07, 6.45) is 7.46. The highest BCUT2D eigenvalue weighted by Gasteiger charge is 2.43. The summed E-state index contributed by atoms with van der Waals surface area (Å²) >= 11 is 7.38. The molecule has 0 saturated carbocycles. The quantitative estimate of drug-likeness (QED) is 0.0917. The first kappa shape index (κ1) is 40.6. The second-order valence-corrected chi connectivity index (χ2v) is 17.2. The molecule has 0 aliphatic carbocycles. The van der Waals surface area contributed by atoms with Crippen LogP contribution in [-0.2, 0) is 29.7 Å². The van der Waals surface area contributed by atoms with Crippen LogP contribution in [0.15, 0.2) is 76.5 Å². The molecular formula is C36H46ClN3O8S3. The number of hydrogen-bond acceptors (Lipinski definition) is 8. The van der Waals surface area contributed by atoms with Crippen molar-refractivity contribution in [3.8, 4) is 5.75 Å². The maximum atomic E-state index is 14.3.